The maximum absolute atomic E-state index is 10.8. The summed E-state index contributed by atoms with van der Waals surface area (Å²) in [5, 5.41) is 2.95. The first-order valence-electron chi connectivity index (χ1n) is 3.77. The van der Waals surface area contributed by atoms with Gasteiger partial charge in [-0.2, -0.15) is 0 Å². The molecule has 0 aliphatic carbocycles. The second-order valence-corrected chi connectivity index (χ2v) is 2.81. The van der Waals surface area contributed by atoms with Gasteiger partial charge in [0.15, 0.2) is 0 Å². The van der Waals surface area contributed by atoms with Crippen molar-refractivity contribution in [1.82, 2.24) is 4.98 Å². The number of nitrogens with zero attached hydrogens (tertiary/aromatic N) is 1. The van der Waals surface area contributed by atoms with E-state index >= 15 is 0 Å². The van der Waals surface area contributed by atoms with Crippen LogP contribution < -0.4 is 11.1 Å². The summed E-state index contributed by atoms with van der Waals surface area (Å²) in [7, 11) is 0. The van der Waals surface area contributed by atoms with Crippen molar-refractivity contribution in [2.45, 2.75) is 12.5 Å². The predicted molar refractivity (Wildman–Crippen MR) is 44.5 cm³/mol. The van der Waals surface area contributed by atoms with E-state index in [0.717, 1.165) is 11.4 Å². The van der Waals surface area contributed by atoms with E-state index in [9.17, 15) is 4.79 Å². The van der Waals surface area contributed by atoms with E-state index in [-0.39, 0.29) is 11.9 Å². The first-order chi connectivity index (χ1) is 5.77. The Morgan fingerprint density at radius 3 is 3.25 bits per heavy atom. The lowest BCUT2D eigenvalue weighted by Gasteiger charge is -2.03. The van der Waals surface area contributed by atoms with Crippen molar-refractivity contribution in [2.75, 3.05) is 5.32 Å². The lowest BCUT2D eigenvalue weighted by Crippen LogP contribution is -2.33. The van der Waals surface area contributed by atoms with Crippen LogP contribution in [0.3, 0.4) is 0 Å². The monoisotopic (exact) mass is 163 g/mol. The molecular formula is C8H9N3O. The normalized spacial score (nSPS) is 19.8. The Balaban J connectivity index is 2.27. The number of aromatic nitrogens is 1. The molecule has 1 amide bonds. The molecule has 2 rings (SSSR count). The molecule has 0 aromatic carbocycles. The summed E-state index contributed by atoms with van der Waals surface area (Å²) < 4.78 is 0. The van der Waals surface area contributed by atoms with Crippen molar-refractivity contribution in [2.24, 2.45) is 5.73 Å². The molecule has 12 heavy (non-hydrogen) atoms. The van der Waals surface area contributed by atoms with E-state index in [1.807, 2.05) is 12.1 Å². The molecule has 0 radical (unpaired) electrons. The van der Waals surface area contributed by atoms with Crippen molar-refractivity contribution in [3.05, 3.63) is 23.9 Å². The van der Waals surface area contributed by atoms with Gasteiger partial charge in [-0.1, -0.05) is 6.07 Å². The molecular weight excluding hydrogens is 154 g/mol. The second kappa shape index (κ2) is 2.48. The molecule has 1 aromatic heterocycles. The number of fused-ring (bicyclic) bond motifs is 1. The van der Waals surface area contributed by atoms with Gasteiger partial charge in [-0.15, -0.1) is 0 Å². The van der Waals surface area contributed by atoms with Crippen LogP contribution in [0.15, 0.2) is 18.3 Å². The summed E-state index contributed by atoms with van der Waals surface area (Å²) in [5.41, 5.74) is 6.20. The number of pyridine rings is 1. The minimum absolute atomic E-state index is 0.283. The quantitative estimate of drug-likeness (QED) is 0.607. The van der Waals surface area contributed by atoms with Crippen LogP contribution in [0.25, 0.3) is 0 Å². The highest BCUT2D eigenvalue weighted by Gasteiger charge is 2.24. The molecule has 4 heteroatoms. The Labute approximate surface area is 69.8 Å². The second-order valence-electron chi connectivity index (χ2n) is 2.81. The molecule has 1 aliphatic heterocycles. The highest BCUT2D eigenvalue weighted by Crippen LogP contribution is 2.21. The van der Waals surface area contributed by atoms with Crippen molar-refractivity contribution in [3.8, 4) is 0 Å². The Morgan fingerprint density at radius 2 is 2.58 bits per heavy atom. The molecule has 0 saturated heterocycles. The molecule has 2 heterocycles. The molecule has 62 valence electrons. The van der Waals surface area contributed by atoms with Crippen molar-refractivity contribution in [3.63, 3.8) is 0 Å². The fourth-order valence-corrected chi connectivity index (χ4v) is 1.34. The number of carbonyl (C=O) groups is 1. The molecule has 1 aromatic rings. The third-order valence-corrected chi connectivity index (χ3v) is 1.97. The van der Waals surface area contributed by atoms with Gasteiger partial charge in [0.1, 0.15) is 11.9 Å². The number of rotatable bonds is 1. The van der Waals surface area contributed by atoms with E-state index in [0.29, 0.717) is 6.42 Å². The number of hydrogen-bond acceptors (Lipinski definition) is 3. The number of amides is 1. The standard InChI is InChI=1S/C8H9N3O/c9-7(12)6-4-5-2-1-3-10-8(5)11-6/h1-3,6H,4H2,(H2,9,12)(H,10,11)/t6-/m0/s1. The lowest BCUT2D eigenvalue weighted by atomic mass is 10.1. The maximum Gasteiger partial charge on any atom is 0.240 e. The SMILES string of the molecule is NC(=O)[C@@H]1Cc2cccnc2N1. The summed E-state index contributed by atoms with van der Waals surface area (Å²) >= 11 is 0. The van der Waals surface area contributed by atoms with E-state index in [1.165, 1.54) is 0 Å². The molecule has 0 bridgehead atoms. The van der Waals surface area contributed by atoms with Crippen LogP contribution in [0.5, 0.6) is 0 Å². The third-order valence-electron chi connectivity index (χ3n) is 1.97. The number of nitrogens with one attached hydrogen (secondary N) is 1. The number of hydrogen-bond donors (Lipinski definition) is 2. The zero-order chi connectivity index (χ0) is 8.55. The zero-order valence-electron chi connectivity index (χ0n) is 6.45. The molecule has 1 aliphatic rings. The highest BCUT2D eigenvalue weighted by atomic mass is 16.1. The number of primary amides is 1. The van der Waals surface area contributed by atoms with Crippen molar-refractivity contribution in [1.29, 1.82) is 0 Å². The van der Waals surface area contributed by atoms with Gasteiger partial charge >= 0.3 is 0 Å². The van der Waals surface area contributed by atoms with Crippen LogP contribution in [0.1, 0.15) is 5.56 Å². The van der Waals surface area contributed by atoms with Crippen molar-refractivity contribution < 1.29 is 4.79 Å². The predicted octanol–water partition coefficient (Wildman–Crippen LogP) is -0.0965. The van der Waals surface area contributed by atoms with Gasteiger partial charge in [-0.25, -0.2) is 4.98 Å². The van der Waals surface area contributed by atoms with Gasteiger partial charge in [0.05, 0.1) is 0 Å². The Bertz CT molecular complexity index is 299. The van der Waals surface area contributed by atoms with Crippen LogP contribution in [0.4, 0.5) is 5.82 Å². The fourth-order valence-electron chi connectivity index (χ4n) is 1.34. The summed E-state index contributed by atoms with van der Waals surface area (Å²) in [6.07, 6.45) is 2.34. The van der Waals surface area contributed by atoms with Crippen LogP contribution in [-0.4, -0.2) is 16.9 Å². The first-order valence-corrected chi connectivity index (χ1v) is 3.77. The number of nitrogens with two attached hydrogens (primary N) is 1. The minimum Gasteiger partial charge on any atom is -0.368 e. The van der Waals surface area contributed by atoms with Crippen LogP contribution >= 0.6 is 0 Å². The van der Waals surface area contributed by atoms with Gasteiger partial charge in [-0.3, -0.25) is 4.79 Å². The Kier molecular flexibility index (Phi) is 1.46. The van der Waals surface area contributed by atoms with E-state index < -0.39 is 0 Å². The topological polar surface area (TPSA) is 68.0 Å². The third kappa shape index (κ3) is 1.01. The fraction of sp³-hybridized carbons (Fsp3) is 0.250. The van der Waals surface area contributed by atoms with Crippen molar-refractivity contribution >= 4 is 11.7 Å². The summed E-state index contributed by atoms with van der Waals surface area (Å²) in [4.78, 5) is 14.9. The smallest absolute Gasteiger partial charge is 0.240 e. The first kappa shape index (κ1) is 7.09. The van der Waals surface area contributed by atoms with E-state index in [1.54, 1.807) is 6.20 Å². The summed E-state index contributed by atoms with van der Waals surface area (Å²) in [5.74, 6) is 0.453. The molecule has 0 spiro atoms. The van der Waals surface area contributed by atoms with Gasteiger partial charge in [-0.05, 0) is 11.6 Å². The minimum atomic E-state index is -0.326. The maximum atomic E-state index is 10.8. The summed E-state index contributed by atoms with van der Waals surface area (Å²) in [6, 6.07) is 3.51. The molecule has 4 nitrogen and oxygen atoms in total. The average Bonchev–Trinajstić information content (AvgIpc) is 2.46. The van der Waals surface area contributed by atoms with Gasteiger partial charge < -0.3 is 11.1 Å². The van der Waals surface area contributed by atoms with Gasteiger partial charge in [0, 0.05) is 12.6 Å². The van der Waals surface area contributed by atoms with Crippen LogP contribution in [0, 0.1) is 0 Å². The average molecular weight is 163 g/mol. The summed E-state index contributed by atoms with van der Waals surface area (Å²) in [6.45, 7) is 0. The van der Waals surface area contributed by atoms with Gasteiger partial charge in [0.25, 0.3) is 0 Å². The van der Waals surface area contributed by atoms with E-state index in [2.05, 4.69) is 10.3 Å². The van der Waals surface area contributed by atoms with Gasteiger partial charge in [0.2, 0.25) is 5.91 Å². The van der Waals surface area contributed by atoms with E-state index in [4.69, 9.17) is 5.73 Å². The molecule has 0 fully saturated rings. The molecule has 0 unspecified atom stereocenters. The van der Waals surface area contributed by atoms with Crippen LogP contribution in [0.2, 0.25) is 0 Å². The highest BCUT2D eigenvalue weighted by molar-refractivity contribution is 5.85. The number of carbonyl (C=O) groups excluding carboxylic acids is 1. The number of anilines is 1. The largest absolute Gasteiger partial charge is 0.368 e. The molecule has 1 atom stereocenters. The Morgan fingerprint density at radius 1 is 1.75 bits per heavy atom. The van der Waals surface area contributed by atoms with Crippen LogP contribution in [-0.2, 0) is 11.2 Å². The zero-order valence-corrected chi connectivity index (χ0v) is 6.45. The Hall–Kier alpha value is -1.58. The lowest BCUT2D eigenvalue weighted by molar-refractivity contribution is -0.118. The molecule has 0 saturated carbocycles. The molecule has 3 N–H and O–H groups in total.